The number of hydrogen-bond donors (Lipinski definition) is 1. The van der Waals surface area contributed by atoms with Crippen LogP contribution in [0, 0.1) is 11.3 Å². The van der Waals surface area contributed by atoms with E-state index in [0.717, 1.165) is 11.3 Å². The highest BCUT2D eigenvalue weighted by Gasteiger charge is 2.12. The van der Waals surface area contributed by atoms with Gasteiger partial charge in [-0.1, -0.05) is 11.8 Å². The maximum Gasteiger partial charge on any atom is 0.234 e. The molecule has 1 N–H and O–H groups in total. The molecule has 0 aliphatic heterocycles. The Kier molecular flexibility index (Phi) is 7.35. The van der Waals surface area contributed by atoms with Crippen LogP contribution in [-0.2, 0) is 4.79 Å². The number of hydrogen-bond acceptors (Lipinski definition) is 7. The summed E-state index contributed by atoms with van der Waals surface area (Å²) in [5.41, 5.74) is 2.61. The van der Waals surface area contributed by atoms with E-state index in [1.165, 1.54) is 18.9 Å². The van der Waals surface area contributed by atoms with Crippen molar-refractivity contribution in [2.24, 2.45) is 0 Å². The lowest BCUT2D eigenvalue weighted by atomic mass is 10.1. The van der Waals surface area contributed by atoms with Crippen molar-refractivity contribution in [1.29, 1.82) is 5.26 Å². The summed E-state index contributed by atoms with van der Waals surface area (Å²) in [7, 11) is 4.69. The number of benzene rings is 2. The van der Waals surface area contributed by atoms with E-state index in [-0.39, 0.29) is 11.7 Å². The molecule has 158 valence electrons. The molecule has 2 aromatic carbocycles. The van der Waals surface area contributed by atoms with Crippen LogP contribution in [0.15, 0.2) is 59.6 Å². The van der Waals surface area contributed by atoms with Crippen LogP contribution < -0.4 is 19.5 Å². The second-order valence-electron chi connectivity index (χ2n) is 6.30. The predicted octanol–water partition coefficient (Wildman–Crippen LogP) is 4.38. The molecule has 0 fully saturated rings. The highest BCUT2D eigenvalue weighted by Crippen LogP contribution is 2.30. The maximum absolute atomic E-state index is 12.4. The van der Waals surface area contributed by atoms with Gasteiger partial charge in [0.05, 0.1) is 38.3 Å². The van der Waals surface area contributed by atoms with E-state index in [2.05, 4.69) is 16.4 Å². The number of amides is 1. The number of methoxy groups -OCH3 is 3. The smallest absolute Gasteiger partial charge is 0.234 e. The Labute approximate surface area is 185 Å². The summed E-state index contributed by atoms with van der Waals surface area (Å²) < 4.78 is 15.6. The van der Waals surface area contributed by atoms with Gasteiger partial charge in [0.25, 0.3) is 0 Å². The van der Waals surface area contributed by atoms with Gasteiger partial charge in [-0.3, -0.25) is 4.79 Å². The largest absolute Gasteiger partial charge is 0.497 e. The minimum atomic E-state index is -0.224. The maximum atomic E-state index is 12.4. The van der Waals surface area contributed by atoms with E-state index >= 15 is 0 Å². The van der Waals surface area contributed by atoms with Gasteiger partial charge in [-0.2, -0.15) is 5.26 Å². The zero-order chi connectivity index (χ0) is 22.2. The molecule has 3 rings (SSSR count). The first kappa shape index (κ1) is 22.0. The molecule has 7 nitrogen and oxygen atoms in total. The molecule has 0 saturated carbocycles. The minimum absolute atomic E-state index is 0.0993. The van der Waals surface area contributed by atoms with Crippen molar-refractivity contribution in [3.05, 3.63) is 60.2 Å². The number of thioether (sulfide) groups is 1. The lowest BCUT2D eigenvalue weighted by Crippen LogP contribution is -2.14. The third kappa shape index (κ3) is 5.47. The highest BCUT2D eigenvalue weighted by molar-refractivity contribution is 8.00. The molecule has 0 spiro atoms. The van der Waals surface area contributed by atoms with Crippen molar-refractivity contribution in [2.75, 3.05) is 32.4 Å². The summed E-state index contributed by atoms with van der Waals surface area (Å²) in [5, 5.41) is 12.7. The van der Waals surface area contributed by atoms with Gasteiger partial charge in [0.15, 0.2) is 11.5 Å². The fourth-order valence-corrected chi connectivity index (χ4v) is 3.58. The van der Waals surface area contributed by atoms with Gasteiger partial charge in [-0.25, -0.2) is 4.98 Å². The molecule has 0 radical (unpaired) electrons. The second kappa shape index (κ2) is 10.4. The molecule has 31 heavy (non-hydrogen) atoms. The lowest BCUT2D eigenvalue weighted by molar-refractivity contribution is -0.113. The van der Waals surface area contributed by atoms with E-state index in [9.17, 15) is 10.1 Å². The quantitative estimate of drug-likeness (QED) is 0.525. The number of nitrogens with one attached hydrogen (secondary N) is 1. The number of nitriles is 1. The molecule has 1 amide bonds. The van der Waals surface area contributed by atoms with Crippen molar-refractivity contribution in [2.45, 2.75) is 5.03 Å². The van der Waals surface area contributed by atoms with Crippen LogP contribution in [0.5, 0.6) is 17.2 Å². The Morgan fingerprint density at radius 3 is 2.39 bits per heavy atom. The first-order valence-electron chi connectivity index (χ1n) is 9.28. The van der Waals surface area contributed by atoms with Gasteiger partial charge in [0.2, 0.25) is 5.91 Å². The van der Waals surface area contributed by atoms with Gasteiger partial charge in [-0.15, -0.1) is 0 Å². The van der Waals surface area contributed by atoms with Crippen LogP contribution in [0.2, 0.25) is 0 Å². The van der Waals surface area contributed by atoms with Crippen LogP contribution in [0.3, 0.4) is 0 Å². The van der Waals surface area contributed by atoms with Gasteiger partial charge in [-0.05, 0) is 48.5 Å². The zero-order valence-electron chi connectivity index (χ0n) is 17.3. The number of anilines is 1. The van der Waals surface area contributed by atoms with Crippen molar-refractivity contribution in [1.82, 2.24) is 4.98 Å². The summed E-state index contributed by atoms with van der Waals surface area (Å²) in [6.07, 6.45) is 0. The summed E-state index contributed by atoms with van der Waals surface area (Å²) in [5.74, 6) is 1.72. The van der Waals surface area contributed by atoms with Crippen molar-refractivity contribution in [3.63, 3.8) is 0 Å². The Hall–Kier alpha value is -3.70. The summed E-state index contributed by atoms with van der Waals surface area (Å²) in [6.45, 7) is 0. The normalized spacial score (nSPS) is 10.1. The SMILES string of the molecule is COc1ccc(-c2ccc(C#N)c(SCC(=O)Nc3ccc(OC)c(OC)c3)n2)cc1. The molecule has 0 atom stereocenters. The Bertz CT molecular complexity index is 1110. The van der Waals surface area contributed by atoms with Gasteiger partial charge in [0, 0.05) is 17.3 Å². The van der Waals surface area contributed by atoms with Crippen LogP contribution in [0.1, 0.15) is 5.56 Å². The second-order valence-corrected chi connectivity index (χ2v) is 7.26. The average Bonchev–Trinajstić information content (AvgIpc) is 2.82. The van der Waals surface area contributed by atoms with E-state index in [0.29, 0.717) is 33.5 Å². The van der Waals surface area contributed by atoms with Crippen LogP contribution in [-0.4, -0.2) is 38.0 Å². The number of ether oxygens (including phenoxy) is 3. The fraction of sp³-hybridized carbons (Fsp3) is 0.174. The molecule has 1 heterocycles. The third-order valence-corrected chi connectivity index (χ3v) is 5.36. The monoisotopic (exact) mass is 435 g/mol. The number of rotatable bonds is 8. The van der Waals surface area contributed by atoms with Crippen LogP contribution in [0.25, 0.3) is 11.3 Å². The molecular formula is C23H21N3O4S. The van der Waals surface area contributed by atoms with Gasteiger partial charge >= 0.3 is 0 Å². The minimum Gasteiger partial charge on any atom is -0.497 e. The summed E-state index contributed by atoms with van der Waals surface area (Å²) in [4.78, 5) is 17.0. The lowest BCUT2D eigenvalue weighted by Gasteiger charge is -2.11. The third-order valence-electron chi connectivity index (χ3n) is 4.37. The Morgan fingerprint density at radius 1 is 1.00 bits per heavy atom. The van der Waals surface area contributed by atoms with E-state index in [1.54, 1.807) is 44.6 Å². The first-order valence-corrected chi connectivity index (χ1v) is 10.3. The number of carbonyl (C=O) groups excluding carboxylic acids is 1. The standard InChI is InChI=1S/C23H21N3O4S/c1-28-18-8-4-15(5-9-18)19-10-6-16(13-24)23(26-19)31-14-22(27)25-17-7-11-20(29-2)21(12-17)30-3/h4-12H,14H2,1-3H3,(H,25,27). The van der Waals surface area contributed by atoms with Crippen molar-refractivity contribution in [3.8, 4) is 34.6 Å². The van der Waals surface area contributed by atoms with E-state index in [1.807, 2.05) is 24.3 Å². The number of nitrogens with zero attached hydrogens (tertiary/aromatic N) is 2. The van der Waals surface area contributed by atoms with E-state index in [4.69, 9.17) is 14.2 Å². The molecule has 1 aromatic heterocycles. The molecular weight excluding hydrogens is 414 g/mol. The van der Waals surface area contributed by atoms with Crippen molar-refractivity contribution >= 4 is 23.4 Å². The zero-order valence-corrected chi connectivity index (χ0v) is 18.2. The molecule has 0 bridgehead atoms. The molecule has 0 unspecified atom stereocenters. The van der Waals surface area contributed by atoms with Gasteiger partial charge < -0.3 is 19.5 Å². The van der Waals surface area contributed by atoms with Crippen LogP contribution in [0.4, 0.5) is 5.69 Å². The Balaban J connectivity index is 1.71. The average molecular weight is 436 g/mol. The first-order chi connectivity index (χ1) is 15.1. The van der Waals surface area contributed by atoms with Gasteiger partial charge in [0.1, 0.15) is 16.8 Å². The predicted molar refractivity (Wildman–Crippen MR) is 120 cm³/mol. The van der Waals surface area contributed by atoms with Crippen LogP contribution >= 0.6 is 11.8 Å². The van der Waals surface area contributed by atoms with Crippen molar-refractivity contribution < 1.29 is 19.0 Å². The topological polar surface area (TPSA) is 93.5 Å². The highest BCUT2D eigenvalue weighted by atomic mass is 32.2. The Morgan fingerprint density at radius 2 is 1.74 bits per heavy atom. The molecule has 0 aliphatic carbocycles. The summed E-state index contributed by atoms with van der Waals surface area (Å²) >= 11 is 1.21. The molecule has 8 heteroatoms. The molecule has 0 aliphatic rings. The molecule has 0 saturated heterocycles. The number of aromatic nitrogens is 1. The van der Waals surface area contributed by atoms with E-state index < -0.39 is 0 Å². The summed E-state index contributed by atoms with van der Waals surface area (Å²) in [6, 6.07) is 18.2. The number of pyridine rings is 1. The fourth-order valence-electron chi connectivity index (χ4n) is 2.80. The molecule has 3 aromatic rings. The number of carbonyl (C=O) groups is 1.